The van der Waals surface area contributed by atoms with E-state index in [1.165, 1.54) is 0 Å². The summed E-state index contributed by atoms with van der Waals surface area (Å²) in [5.41, 5.74) is -0.0249. The Bertz CT molecular complexity index is 365. The molecule has 3 fully saturated rings. The van der Waals surface area contributed by atoms with E-state index in [0.29, 0.717) is 23.7 Å². The number of rotatable bonds is 5. The molecule has 0 bridgehead atoms. The Morgan fingerprint density at radius 1 is 1.45 bits per heavy atom. The lowest BCUT2D eigenvalue weighted by molar-refractivity contribution is -0.190. The van der Waals surface area contributed by atoms with Crippen molar-refractivity contribution in [3.63, 3.8) is 0 Å². The van der Waals surface area contributed by atoms with Crippen molar-refractivity contribution in [1.29, 1.82) is 0 Å². The minimum atomic E-state index is -0.0249. The quantitative estimate of drug-likeness (QED) is 0.724. The molecule has 0 unspecified atom stereocenters. The highest BCUT2D eigenvalue weighted by atomic mass is 16.5. The Labute approximate surface area is 121 Å². The normalized spacial score (nSPS) is 34.9. The topological polar surface area (TPSA) is 38.8 Å². The van der Waals surface area contributed by atoms with E-state index >= 15 is 0 Å². The number of amides is 1. The molecule has 2 aliphatic heterocycles. The minimum Gasteiger partial charge on any atom is -0.382 e. The second kappa shape index (κ2) is 5.64. The third-order valence-corrected chi connectivity index (χ3v) is 5.17. The van der Waals surface area contributed by atoms with E-state index in [-0.39, 0.29) is 5.60 Å². The van der Waals surface area contributed by atoms with Gasteiger partial charge in [-0.05, 0) is 44.4 Å². The lowest BCUT2D eigenvalue weighted by Gasteiger charge is -2.53. The van der Waals surface area contributed by atoms with Crippen molar-refractivity contribution < 1.29 is 14.3 Å². The Morgan fingerprint density at radius 3 is 2.85 bits per heavy atom. The highest BCUT2D eigenvalue weighted by Gasteiger charge is 2.52. The van der Waals surface area contributed by atoms with E-state index in [0.717, 1.165) is 58.6 Å². The summed E-state index contributed by atoms with van der Waals surface area (Å²) >= 11 is 0. The Kier molecular flexibility index (Phi) is 4.04. The van der Waals surface area contributed by atoms with Gasteiger partial charge in [0.2, 0.25) is 5.91 Å². The van der Waals surface area contributed by atoms with Gasteiger partial charge < -0.3 is 14.4 Å². The van der Waals surface area contributed by atoms with Gasteiger partial charge in [-0.15, -0.1) is 0 Å². The first-order valence-electron chi connectivity index (χ1n) is 8.14. The highest BCUT2D eigenvalue weighted by Crippen LogP contribution is 2.43. The van der Waals surface area contributed by atoms with Crippen molar-refractivity contribution >= 4 is 5.91 Å². The number of nitrogens with zero attached hydrogens (tertiary/aromatic N) is 1. The summed E-state index contributed by atoms with van der Waals surface area (Å²) in [5, 5.41) is 0. The molecular weight excluding hydrogens is 254 g/mol. The summed E-state index contributed by atoms with van der Waals surface area (Å²) in [6, 6.07) is 0. The van der Waals surface area contributed by atoms with Crippen LogP contribution in [-0.2, 0) is 14.3 Å². The average Bonchev–Trinajstić information content (AvgIpc) is 3.13. The first-order chi connectivity index (χ1) is 9.63. The fourth-order valence-electron chi connectivity index (χ4n) is 3.70. The fraction of sp³-hybridized carbons (Fsp3) is 0.938. The largest absolute Gasteiger partial charge is 0.382 e. The number of ether oxygens (including phenoxy) is 2. The van der Waals surface area contributed by atoms with Gasteiger partial charge in [0.15, 0.2) is 0 Å². The Morgan fingerprint density at radius 2 is 2.20 bits per heavy atom. The van der Waals surface area contributed by atoms with Crippen LogP contribution in [-0.4, -0.2) is 49.3 Å². The van der Waals surface area contributed by atoms with Gasteiger partial charge in [-0.25, -0.2) is 0 Å². The van der Waals surface area contributed by atoms with E-state index in [9.17, 15) is 4.79 Å². The maximum atomic E-state index is 12.2. The third kappa shape index (κ3) is 2.86. The molecule has 0 aromatic rings. The van der Waals surface area contributed by atoms with Crippen molar-refractivity contribution in [1.82, 2.24) is 4.90 Å². The molecule has 1 spiro atoms. The zero-order valence-electron chi connectivity index (χ0n) is 12.8. The first kappa shape index (κ1) is 14.3. The summed E-state index contributed by atoms with van der Waals surface area (Å²) in [5.74, 6) is 1.98. The Hall–Kier alpha value is -0.610. The molecule has 1 saturated carbocycles. The molecule has 0 N–H and O–H groups in total. The second-order valence-corrected chi connectivity index (χ2v) is 6.89. The van der Waals surface area contributed by atoms with Crippen LogP contribution in [0.4, 0.5) is 0 Å². The molecule has 2 heterocycles. The van der Waals surface area contributed by atoms with Gasteiger partial charge in [-0.1, -0.05) is 6.92 Å². The van der Waals surface area contributed by atoms with E-state index in [2.05, 4.69) is 6.92 Å². The van der Waals surface area contributed by atoms with E-state index in [1.807, 2.05) is 11.8 Å². The summed E-state index contributed by atoms with van der Waals surface area (Å²) in [7, 11) is 0. The molecule has 114 valence electrons. The van der Waals surface area contributed by atoms with Crippen molar-refractivity contribution in [2.45, 2.75) is 45.1 Å². The van der Waals surface area contributed by atoms with Crippen LogP contribution in [0.3, 0.4) is 0 Å². The van der Waals surface area contributed by atoms with E-state index in [1.54, 1.807) is 0 Å². The minimum absolute atomic E-state index is 0.0249. The standard InChI is InChI=1S/C16H27NO3/c1-3-19-6-4-13-5-7-20-16(9-13)10-17(11-16)15(18)14-8-12(14)2/h12-14H,3-11H2,1-2H3/t12-,13+,14-/m0/s1. The summed E-state index contributed by atoms with van der Waals surface area (Å²) in [6.07, 6.45) is 4.46. The molecule has 2 saturated heterocycles. The molecule has 0 radical (unpaired) electrons. The molecule has 0 aromatic carbocycles. The summed E-state index contributed by atoms with van der Waals surface area (Å²) < 4.78 is 11.5. The smallest absolute Gasteiger partial charge is 0.226 e. The van der Waals surface area contributed by atoms with Crippen molar-refractivity contribution in [3.05, 3.63) is 0 Å². The van der Waals surface area contributed by atoms with Gasteiger partial charge in [-0.3, -0.25) is 4.79 Å². The monoisotopic (exact) mass is 281 g/mol. The number of hydrogen-bond acceptors (Lipinski definition) is 3. The summed E-state index contributed by atoms with van der Waals surface area (Å²) in [6.45, 7) is 8.35. The van der Waals surface area contributed by atoms with Crippen LogP contribution < -0.4 is 0 Å². The molecule has 4 heteroatoms. The zero-order chi connectivity index (χ0) is 14.2. The van der Waals surface area contributed by atoms with Crippen LogP contribution in [0.1, 0.15) is 39.5 Å². The van der Waals surface area contributed by atoms with Gasteiger partial charge in [0.25, 0.3) is 0 Å². The highest BCUT2D eigenvalue weighted by molar-refractivity contribution is 5.82. The van der Waals surface area contributed by atoms with Crippen LogP contribution >= 0.6 is 0 Å². The van der Waals surface area contributed by atoms with Crippen LogP contribution in [0.5, 0.6) is 0 Å². The molecule has 3 rings (SSSR count). The molecule has 20 heavy (non-hydrogen) atoms. The molecule has 1 aliphatic carbocycles. The number of carbonyl (C=O) groups is 1. The van der Waals surface area contributed by atoms with Crippen molar-refractivity contribution in [2.24, 2.45) is 17.8 Å². The van der Waals surface area contributed by atoms with E-state index < -0.39 is 0 Å². The van der Waals surface area contributed by atoms with Crippen LogP contribution in [0, 0.1) is 17.8 Å². The maximum absolute atomic E-state index is 12.2. The summed E-state index contributed by atoms with van der Waals surface area (Å²) in [4.78, 5) is 14.2. The van der Waals surface area contributed by atoms with Crippen LogP contribution in [0.2, 0.25) is 0 Å². The number of hydrogen-bond donors (Lipinski definition) is 0. The lowest BCUT2D eigenvalue weighted by Crippen LogP contribution is -2.67. The van der Waals surface area contributed by atoms with Crippen LogP contribution in [0.25, 0.3) is 0 Å². The van der Waals surface area contributed by atoms with Gasteiger partial charge in [0.05, 0.1) is 13.1 Å². The predicted octanol–water partition coefficient (Wildman–Crippen LogP) is 2.08. The SMILES string of the molecule is CCOCC[C@@H]1CCOC2(C1)CN(C(=O)[C@H]1C[C@@H]1C)C2. The van der Waals surface area contributed by atoms with Crippen molar-refractivity contribution in [2.75, 3.05) is 32.9 Å². The molecule has 3 aliphatic rings. The maximum Gasteiger partial charge on any atom is 0.226 e. The molecule has 4 nitrogen and oxygen atoms in total. The van der Waals surface area contributed by atoms with E-state index in [4.69, 9.17) is 9.47 Å². The Balaban J connectivity index is 1.45. The predicted molar refractivity (Wildman–Crippen MR) is 76.4 cm³/mol. The van der Waals surface area contributed by atoms with Gasteiger partial charge in [-0.2, -0.15) is 0 Å². The second-order valence-electron chi connectivity index (χ2n) is 6.89. The molecule has 3 atom stereocenters. The van der Waals surface area contributed by atoms with Gasteiger partial charge in [0.1, 0.15) is 5.60 Å². The number of likely N-dealkylation sites (tertiary alicyclic amines) is 1. The molecule has 0 aromatic heterocycles. The lowest BCUT2D eigenvalue weighted by atomic mass is 9.79. The van der Waals surface area contributed by atoms with Gasteiger partial charge >= 0.3 is 0 Å². The average molecular weight is 281 g/mol. The fourth-order valence-corrected chi connectivity index (χ4v) is 3.70. The molecule has 1 amide bonds. The van der Waals surface area contributed by atoms with Crippen molar-refractivity contribution in [3.8, 4) is 0 Å². The third-order valence-electron chi connectivity index (χ3n) is 5.17. The van der Waals surface area contributed by atoms with Gasteiger partial charge in [0, 0.05) is 25.7 Å². The zero-order valence-corrected chi connectivity index (χ0v) is 12.8. The van der Waals surface area contributed by atoms with Crippen LogP contribution in [0.15, 0.2) is 0 Å². The number of carbonyl (C=O) groups excluding carboxylic acids is 1. The molecular formula is C16H27NO3. The first-order valence-corrected chi connectivity index (χ1v) is 8.14.